The topological polar surface area (TPSA) is 48.3 Å². The first-order valence-electron chi connectivity index (χ1n) is 7.08. The second-order valence-electron chi connectivity index (χ2n) is 6.07. The number of morpholine rings is 1. The quantitative estimate of drug-likeness (QED) is 0.802. The fraction of sp³-hybridized carbons (Fsp3) is 0.929. The van der Waals surface area contributed by atoms with Crippen molar-refractivity contribution in [2.24, 2.45) is 5.92 Å². The van der Waals surface area contributed by atoms with Crippen LogP contribution in [0.1, 0.15) is 33.6 Å². The highest BCUT2D eigenvalue weighted by Crippen LogP contribution is 2.40. The Morgan fingerprint density at radius 2 is 2.22 bits per heavy atom. The smallest absolute Gasteiger partial charge is 0.122 e. The predicted octanol–water partition coefficient (Wildman–Crippen LogP) is 1.38. The maximum absolute atomic E-state index is 9.66. The van der Waals surface area contributed by atoms with Gasteiger partial charge < -0.3 is 4.74 Å². The summed E-state index contributed by atoms with van der Waals surface area (Å²) in [4.78, 5) is 2.38. The monoisotopic (exact) mass is 251 g/mol. The van der Waals surface area contributed by atoms with Gasteiger partial charge in [0.1, 0.15) is 5.54 Å². The van der Waals surface area contributed by atoms with Crippen LogP contribution < -0.4 is 5.32 Å². The first-order chi connectivity index (χ1) is 8.55. The maximum atomic E-state index is 9.66. The molecule has 0 bridgehead atoms. The number of nitrogens with one attached hydrogen (secondary N) is 1. The van der Waals surface area contributed by atoms with E-state index in [4.69, 9.17) is 4.74 Å². The number of rotatable bonds is 5. The summed E-state index contributed by atoms with van der Waals surface area (Å²) in [6, 6.07) is 2.93. The molecule has 1 aliphatic carbocycles. The highest BCUT2D eigenvalue weighted by atomic mass is 16.5. The molecule has 0 spiro atoms. The summed E-state index contributed by atoms with van der Waals surface area (Å²) in [6.07, 6.45) is 2.66. The molecule has 4 nitrogen and oxygen atoms in total. The summed E-state index contributed by atoms with van der Waals surface area (Å²) < 4.78 is 5.57. The highest BCUT2D eigenvalue weighted by molar-refractivity contribution is 5.17. The van der Waals surface area contributed by atoms with Gasteiger partial charge in [-0.1, -0.05) is 0 Å². The normalized spacial score (nSPS) is 28.9. The minimum Gasteiger partial charge on any atom is -0.376 e. The molecule has 1 saturated carbocycles. The fourth-order valence-electron chi connectivity index (χ4n) is 2.93. The van der Waals surface area contributed by atoms with E-state index in [0.29, 0.717) is 12.0 Å². The average Bonchev–Trinajstić information content (AvgIpc) is 3.11. The van der Waals surface area contributed by atoms with E-state index in [2.05, 4.69) is 37.1 Å². The Morgan fingerprint density at radius 1 is 1.50 bits per heavy atom. The summed E-state index contributed by atoms with van der Waals surface area (Å²) in [5.41, 5.74) is -0.356. The van der Waals surface area contributed by atoms with Crippen molar-refractivity contribution in [2.75, 3.05) is 26.2 Å². The number of hydrogen-bond donors (Lipinski definition) is 1. The summed E-state index contributed by atoms with van der Waals surface area (Å²) in [6.45, 7) is 9.85. The Balaban J connectivity index is 2.02. The van der Waals surface area contributed by atoms with Crippen LogP contribution in [-0.4, -0.2) is 48.8 Å². The van der Waals surface area contributed by atoms with Gasteiger partial charge in [-0.05, 0) is 39.5 Å². The van der Waals surface area contributed by atoms with Crippen molar-refractivity contribution in [3.63, 3.8) is 0 Å². The van der Waals surface area contributed by atoms with Gasteiger partial charge in [-0.25, -0.2) is 0 Å². The molecular formula is C14H25N3O. The summed E-state index contributed by atoms with van der Waals surface area (Å²) in [5, 5.41) is 13.2. The average molecular weight is 251 g/mol. The van der Waals surface area contributed by atoms with Gasteiger partial charge in [0.05, 0.1) is 18.8 Å². The molecule has 1 heterocycles. The van der Waals surface area contributed by atoms with Crippen molar-refractivity contribution >= 4 is 0 Å². The summed E-state index contributed by atoms with van der Waals surface area (Å²) >= 11 is 0. The van der Waals surface area contributed by atoms with E-state index < -0.39 is 0 Å². The zero-order valence-corrected chi connectivity index (χ0v) is 11.8. The molecule has 0 aromatic carbocycles. The van der Waals surface area contributed by atoms with Gasteiger partial charge in [-0.3, -0.25) is 10.2 Å². The molecule has 2 atom stereocenters. The molecular weight excluding hydrogens is 226 g/mol. The third-order valence-electron chi connectivity index (χ3n) is 3.82. The van der Waals surface area contributed by atoms with Crippen LogP contribution in [0, 0.1) is 17.2 Å². The van der Waals surface area contributed by atoms with Gasteiger partial charge in [0.25, 0.3) is 0 Å². The van der Waals surface area contributed by atoms with Crippen molar-refractivity contribution in [1.82, 2.24) is 10.2 Å². The van der Waals surface area contributed by atoms with Crippen LogP contribution >= 0.6 is 0 Å². The highest BCUT2D eigenvalue weighted by Gasteiger charge is 2.47. The van der Waals surface area contributed by atoms with E-state index in [0.717, 1.165) is 26.2 Å². The van der Waals surface area contributed by atoms with E-state index in [-0.39, 0.29) is 11.6 Å². The van der Waals surface area contributed by atoms with Crippen molar-refractivity contribution in [2.45, 2.75) is 51.3 Å². The molecule has 0 aromatic heterocycles. The van der Waals surface area contributed by atoms with Crippen molar-refractivity contribution in [3.05, 3.63) is 0 Å². The molecule has 2 unspecified atom stereocenters. The van der Waals surface area contributed by atoms with Crippen molar-refractivity contribution < 1.29 is 4.74 Å². The van der Waals surface area contributed by atoms with E-state index in [1.807, 2.05) is 0 Å². The zero-order valence-electron chi connectivity index (χ0n) is 11.8. The summed E-state index contributed by atoms with van der Waals surface area (Å²) in [7, 11) is 0. The molecule has 0 aromatic rings. The van der Waals surface area contributed by atoms with Crippen LogP contribution in [0.3, 0.4) is 0 Å². The largest absolute Gasteiger partial charge is 0.376 e. The minimum absolute atomic E-state index is 0.286. The van der Waals surface area contributed by atoms with Crippen LogP contribution in [-0.2, 0) is 4.74 Å². The van der Waals surface area contributed by atoms with E-state index in [1.54, 1.807) is 0 Å². The molecule has 2 rings (SSSR count). The van der Waals surface area contributed by atoms with E-state index >= 15 is 0 Å². The lowest BCUT2D eigenvalue weighted by molar-refractivity contribution is -0.0257. The molecule has 2 aliphatic rings. The zero-order chi connectivity index (χ0) is 13.2. The second-order valence-corrected chi connectivity index (χ2v) is 6.07. The predicted molar refractivity (Wildman–Crippen MR) is 71.2 cm³/mol. The molecule has 4 heteroatoms. The van der Waals surface area contributed by atoms with Crippen LogP contribution in [0.2, 0.25) is 0 Å². The van der Waals surface area contributed by atoms with E-state index in [1.165, 1.54) is 12.8 Å². The van der Waals surface area contributed by atoms with Crippen LogP contribution in [0.5, 0.6) is 0 Å². The maximum Gasteiger partial charge on any atom is 0.122 e. The molecule has 1 N–H and O–H groups in total. The lowest BCUT2D eigenvalue weighted by atomic mass is 9.92. The second kappa shape index (κ2) is 5.56. The van der Waals surface area contributed by atoms with Gasteiger partial charge in [0.15, 0.2) is 0 Å². The Hall–Kier alpha value is -0.630. The molecule has 1 saturated heterocycles. The molecule has 18 heavy (non-hydrogen) atoms. The Labute approximate surface area is 110 Å². The first-order valence-corrected chi connectivity index (χ1v) is 7.08. The molecule has 0 amide bonds. The van der Waals surface area contributed by atoms with Gasteiger partial charge in [-0.2, -0.15) is 5.26 Å². The third kappa shape index (κ3) is 3.23. The number of ether oxygens (including phenoxy) is 1. The molecule has 102 valence electrons. The summed E-state index contributed by atoms with van der Waals surface area (Å²) in [5.74, 6) is 0.531. The number of nitrogens with zero attached hydrogens (tertiary/aromatic N) is 2. The Kier molecular flexibility index (Phi) is 4.26. The van der Waals surface area contributed by atoms with E-state index in [9.17, 15) is 5.26 Å². The molecule has 2 fully saturated rings. The fourth-order valence-corrected chi connectivity index (χ4v) is 2.93. The van der Waals surface area contributed by atoms with Crippen LogP contribution in [0.25, 0.3) is 0 Å². The first kappa shape index (κ1) is 13.8. The van der Waals surface area contributed by atoms with Crippen LogP contribution in [0.15, 0.2) is 0 Å². The Bertz CT molecular complexity index is 321. The van der Waals surface area contributed by atoms with Crippen LogP contribution in [0.4, 0.5) is 0 Å². The van der Waals surface area contributed by atoms with Crippen molar-refractivity contribution in [3.8, 4) is 6.07 Å². The van der Waals surface area contributed by atoms with Gasteiger partial charge >= 0.3 is 0 Å². The SMILES string of the molecule is CC(C)NC(C#N)(CN1CCOC(C)C1)C1CC1. The molecule has 1 aliphatic heterocycles. The minimum atomic E-state index is -0.356. The third-order valence-corrected chi connectivity index (χ3v) is 3.82. The van der Waals surface area contributed by atoms with Gasteiger partial charge in [-0.15, -0.1) is 0 Å². The molecule has 0 radical (unpaired) electrons. The van der Waals surface area contributed by atoms with Crippen molar-refractivity contribution in [1.29, 1.82) is 5.26 Å². The number of nitriles is 1. The standard InChI is InChI=1S/C14H25N3O/c1-11(2)16-14(9-15,13-4-5-13)10-17-6-7-18-12(3)8-17/h11-13,16H,4-8,10H2,1-3H3. The Morgan fingerprint density at radius 3 is 2.72 bits per heavy atom. The lowest BCUT2D eigenvalue weighted by Gasteiger charge is -2.39. The van der Waals surface area contributed by atoms with Gasteiger partial charge in [0.2, 0.25) is 0 Å². The van der Waals surface area contributed by atoms with Gasteiger partial charge in [0, 0.05) is 25.7 Å². The number of hydrogen-bond acceptors (Lipinski definition) is 4. The lowest BCUT2D eigenvalue weighted by Crippen LogP contribution is -2.58.